The molecule has 0 spiro atoms. The number of para-hydroxylation sites is 4. The Balaban J connectivity index is 1.27. The molecule has 4 aromatic rings. The summed E-state index contributed by atoms with van der Waals surface area (Å²) in [6, 6.07) is 33.7. The van der Waals surface area contributed by atoms with Gasteiger partial charge in [-0.15, -0.1) is 0 Å². The molecule has 0 aliphatic carbocycles. The molecule has 204 valence electrons. The monoisotopic (exact) mass is 579 g/mol. The van der Waals surface area contributed by atoms with E-state index in [4.69, 9.17) is 12.2 Å². The first kappa shape index (κ1) is 26.7. The Hall–Kier alpha value is -4.51. The SMILES string of the molecule is O=C1C(CNc2ccccc2)C(=O)N(c2ccccc2)C(=S)N1NCC(=O)N1c2ccccc2Sc2ccccc21. The number of rotatable bonds is 7. The van der Waals surface area contributed by atoms with Crippen LogP contribution in [0.5, 0.6) is 0 Å². The van der Waals surface area contributed by atoms with Crippen molar-refractivity contribution in [2.45, 2.75) is 9.79 Å². The van der Waals surface area contributed by atoms with Gasteiger partial charge in [-0.05, 0) is 60.7 Å². The van der Waals surface area contributed by atoms with Crippen molar-refractivity contribution >= 4 is 69.6 Å². The van der Waals surface area contributed by atoms with Crippen LogP contribution in [0.3, 0.4) is 0 Å². The van der Waals surface area contributed by atoms with E-state index in [9.17, 15) is 14.4 Å². The highest BCUT2D eigenvalue weighted by Gasteiger charge is 2.45. The standard InChI is InChI=1S/C31H25N5O3S2/c37-28(35-24-15-7-9-17-26(24)41-27-18-10-8-16-25(27)35)20-33-36-30(39)23(19-32-21-11-3-1-4-12-21)29(38)34(31(36)40)22-13-5-2-6-14-22/h1-18,23,32-33H,19-20H2. The van der Waals surface area contributed by atoms with E-state index in [1.54, 1.807) is 40.9 Å². The summed E-state index contributed by atoms with van der Waals surface area (Å²) in [7, 11) is 0. The van der Waals surface area contributed by atoms with Gasteiger partial charge in [0.15, 0.2) is 0 Å². The number of hydrazine groups is 1. The van der Waals surface area contributed by atoms with Crippen molar-refractivity contribution in [1.82, 2.24) is 10.4 Å². The van der Waals surface area contributed by atoms with E-state index in [0.29, 0.717) is 5.69 Å². The molecule has 0 bridgehead atoms. The van der Waals surface area contributed by atoms with Gasteiger partial charge in [-0.25, -0.2) is 10.4 Å². The van der Waals surface area contributed by atoms with E-state index in [1.807, 2.05) is 84.9 Å². The van der Waals surface area contributed by atoms with Gasteiger partial charge in [0.2, 0.25) is 16.9 Å². The molecule has 1 saturated heterocycles. The molecule has 10 heteroatoms. The minimum atomic E-state index is -1.07. The van der Waals surface area contributed by atoms with Crippen LogP contribution in [0, 0.1) is 5.92 Å². The van der Waals surface area contributed by atoms with Crippen molar-refractivity contribution in [2.75, 3.05) is 28.2 Å². The molecule has 8 nitrogen and oxygen atoms in total. The highest BCUT2D eigenvalue weighted by molar-refractivity contribution is 7.99. The molecule has 2 aliphatic rings. The van der Waals surface area contributed by atoms with Gasteiger partial charge in [-0.3, -0.25) is 24.2 Å². The van der Waals surface area contributed by atoms with Gasteiger partial charge in [-0.2, -0.15) is 0 Å². The molecule has 2 heterocycles. The summed E-state index contributed by atoms with van der Waals surface area (Å²) in [5, 5.41) is 4.29. The number of carbonyl (C=O) groups is 3. The lowest BCUT2D eigenvalue weighted by Crippen LogP contribution is -2.65. The van der Waals surface area contributed by atoms with E-state index in [2.05, 4.69) is 10.7 Å². The van der Waals surface area contributed by atoms with Crippen molar-refractivity contribution in [3.8, 4) is 0 Å². The molecule has 0 saturated carbocycles. The first-order valence-electron chi connectivity index (χ1n) is 13.0. The number of fused-ring (bicyclic) bond motifs is 2. The van der Waals surface area contributed by atoms with Crippen molar-refractivity contribution in [2.24, 2.45) is 5.92 Å². The third-order valence-electron chi connectivity index (χ3n) is 6.79. The van der Waals surface area contributed by atoms with Crippen LogP contribution in [0.1, 0.15) is 0 Å². The highest BCUT2D eigenvalue weighted by atomic mass is 32.2. The van der Waals surface area contributed by atoms with Crippen LogP contribution in [-0.4, -0.2) is 40.9 Å². The second-order valence-corrected chi connectivity index (χ2v) is 10.8. The van der Waals surface area contributed by atoms with Crippen LogP contribution in [0.25, 0.3) is 0 Å². The number of hydrogen-bond acceptors (Lipinski definition) is 7. The molecule has 0 aromatic heterocycles. The lowest BCUT2D eigenvalue weighted by Gasteiger charge is -2.39. The van der Waals surface area contributed by atoms with Crippen molar-refractivity contribution in [3.63, 3.8) is 0 Å². The summed E-state index contributed by atoms with van der Waals surface area (Å²) >= 11 is 7.25. The first-order valence-corrected chi connectivity index (χ1v) is 14.2. The summed E-state index contributed by atoms with van der Waals surface area (Å²) in [5.74, 6) is -2.31. The molecule has 2 N–H and O–H groups in total. The van der Waals surface area contributed by atoms with Gasteiger partial charge in [0.05, 0.1) is 23.6 Å². The zero-order valence-corrected chi connectivity index (χ0v) is 23.4. The molecule has 1 atom stereocenters. The van der Waals surface area contributed by atoms with Crippen LogP contribution >= 0.6 is 24.0 Å². The van der Waals surface area contributed by atoms with Crippen LogP contribution in [0.15, 0.2) is 119 Å². The van der Waals surface area contributed by atoms with Crippen LogP contribution in [0.4, 0.5) is 22.7 Å². The van der Waals surface area contributed by atoms with Crippen molar-refractivity contribution < 1.29 is 14.4 Å². The zero-order chi connectivity index (χ0) is 28.3. The maximum atomic E-state index is 13.8. The summed E-state index contributed by atoms with van der Waals surface area (Å²) in [6.07, 6.45) is 0. The average molecular weight is 580 g/mol. The number of thiocarbonyl (C=S) groups is 1. The fourth-order valence-electron chi connectivity index (χ4n) is 4.82. The van der Waals surface area contributed by atoms with Crippen LogP contribution < -0.4 is 20.5 Å². The topological polar surface area (TPSA) is 85.0 Å². The predicted molar refractivity (Wildman–Crippen MR) is 164 cm³/mol. The number of amides is 3. The smallest absolute Gasteiger partial charge is 0.257 e. The Labute approximate surface area is 246 Å². The largest absolute Gasteiger partial charge is 0.384 e. The fraction of sp³-hybridized carbons (Fsp3) is 0.0968. The van der Waals surface area contributed by atoms with Gasteiger partial charge in [0, 0.05) is 22.0 Å². The normalized spacial score (nSPS) is 16.3. The molecule has 0 radical (unpaired) electrons. The second kappa shape index (κ2) is 11.5. The first-order chi connectivity index (χ1) is 20.0. The highest BCUT2D eigenvalue weighted by Crippen LogP contribution is 2.47. The summed E-state index contributed by atoms with van der Waals surface area (Å²) in [5.41, 5.74) is 5.80. The lowest BCUT2D eigenvalue weighted by molar-refractivity contribution is -0.141. The number of nitrogens with one attached hydrogen (secondary N) is 2. The molecule has 2 aliphatic heterocycles. The predicted octanol–water partition coefficient (Wildman–Crippen LogP) is 5.21. The molecule has 1 unspecified atom stereocenters. The third-order valence-corrected chi connectivity index (χ3v) is 8.28. The molecule has 1 fully saturated rings. The molecule has 41 heavy (non-hydrogen) atoms. The Morgan fingerprint density at radius 2 is 1.32 bits per heavy atom. The minimum Gasteiger partial charge on any atom is -0.384 e. The molecular formula is C31H25N5O3S2. The average Bonchev–Trinajstić information content (AvgIpc) is 3.00. The minimum absolute atomic E-state index is 0.0371. The van der Waals surface area contributed by atoms with E-state index in [1.165, 1.54) is 4.90 Å². The number of hydrogen-bond donors (Lipinski definition) is 2. The number of carbonyl (C=O) groups excluding carboxylic acids is 3. The van der Waals surface area contributed by atoms with Gasteiger partial charge in [0.1, 0.15) is 5.92 Å². The van der Waals surface area contributed by atoms with Crippen molar-refractivity contribution in [1.29, 1.82) is 0 Å². The van der Waals surface area contributed by atoms with Gasteiger partial charge in [-0.1, -0.05) is 72.4 Å². The fourth-order valence-corrected chi connectivity index (χ4v) is 6.22. The Morgan fingerprint density at radius 1 is 0.756 bits per heavy atom. The van der Waals surface area contributed by atoms with Crippen LogP contribution in [-0.2, 0) is 14.4 Å². The molecular weight excluding hydrogens is 555 g/mol. The summed E-state index contributed by atoms with van der Waals surface area (Å²) in [4.78, 5) is 46.0. The van der Waals surface area contributed by atoms with E-state index in [0.717, 1.165) is 31.9 Å². The summed E-state index contributed by atoms with van der Waals surface area (Å²) in [6.45, 7) is -0.168. The van der Waals surface area contributed by atoms with Crippen molar-refractivity contribution in [3.05, 3.63) is 109 Å². The van der Waals surface area contributed by atoms with E-state index in [-0.39, 0.29) is 24.1 Å². The number of anilines is 4. The van der Waals surface area contributed by atoms with Gasteiger partial charge in [0.25, 0.3) is 5.91 Å². The Bertz CT molecular complexity index is 1590. The maximum Gasteiger partial charge on any atom is 0.257 e. The second-order valence-electron chi connectivity index (χ2n) is 9.37. The van der Waals surface area contributed by atoms with Gasteiger partial charge >= 0.3 is 0 Å². The molecule has 4 aromatic carbocycles. The summed E-state index contributed by atoms with van der Waals surface area (Å²) < 4.78 is 0. The Morgan fingerprint density at radius 3 is 1.95 bits per heavy atom. The van der Waals surface area contributed by atoms with E-state index < -0.39 is 17.7 Å². The number of nitrogens with zero attached hydrogens (tertiary/aromatic N) is 3. The maximum absolute atomic E-state index is 13.8. The van der Waals surface area contributed by atoms with Crippen LogP contribution in [0.2, 0.25) is 0 Å². The quantitative estimate of drug-likeness (QED) is 0.230. The van der Waals surface area contributed by atoms with Gasteiger partial charge < -0.3 is 5.32 Å². The van der Waals surface area contributed by atoms with E-state index >= 15 is 0 Å². The number of benzene rings is 4. The lowest BCUT2D eigenvalue weighted by atomic mass is 10.0. The zero-order valence-electron chi connectivity index (χ0n) is 21.8. The molecule has 6 rings (SSSR count). The Kier molecular flexibility index (Phi) is 7.51. The molecule has 3 amide bonds. The third kappa shape index (κ3) is 5.20.